The van der Waals surface area contributed by atoms with Crippen LogP contribution < -0.4 is 9.80 Å². The average molecular weight is 354 g/mol. The molecule has 2 amide bonds. The molecule has 0 fully saturated rings. The molecule has 5 nitrogen and oxygen atoms in total. The molecule has 1 aliphatic rings. The fourth-order valence-electron chi connectivity index (χ4n) is 3.16. The highest BCUT2D eigenvalue weighted by Gasteiger charge is 2.40. The third kappa shape index (κ3) is 2.94. The van der Waals surface area contributed by atoms with Gasteiger partial charge in [0.1, 0.15) is 17.6 Å². The van der Waals surface area contributed by atoms with E-state index in [1.165, 1.54) is 52.3 Å². The lowest BCUT2D eigenvalue weighted by molar-refractivity contribution is -0.120. The summed E-state index contributed by atoms with van der Waals surface area (Å²) in [7, 11) is 0. The first-order chi connectivity index (χ1) is 12.5. The van der Waals surface area contributed by atoms with Crippen LogP contribution in [0.25, 0.3) is 0 Å². The van der Waals surface area contributed by atoms with Crippen LogP contribution in [0.2, 0.25) is 0 Å². The van der Waals surface area contributed by atoms with Gasteiger partial charge in [-0.1, -0.05) is 13.0 Å². The number of phenols is 1. The van der Waals surface area contributed by atoms with Gasteiger partial charge in [-0.2, -0.15) is 0 Å². The lowest BCUT2D eigenvalue weighted by Gasteiger charge is -2.41. The number of benzene rings is 2. The van der Waals surface area contributed by atoms with Crippen LogP contribution in [0.5, 0.6) is 5.75 Å². The molecule has 0 unspecified atom stereocenters. The SMILES string of the molecule is C=CCN1C(=O)[C@@H](CC)N(C(=O)c2ccc(O)cc2)c2cc(F)ccc21. The summed E-state index contributed by atoms with van der Waals surface area (Å²) in [4.78, 5) is 28.9. The van der Waals surface area contributed by atoms with Crippen molar-refractivity contribution < 1.29 is 19.1 Å². The Labute approximate surface area is 151 Å². The van der Waals surface area contributed by atoms with Gasteiger partial charge < -0.3 is 10.0 Å². The Morgan fingerprint density at radius 2 is 1.92 bits per heavy atom. The van der Waals surface area contributed by atoms with Crippen LogP contribution in [-0.4, -0.2) is 29.5 Å². The molecule has 0 aromatic heterocycles. The van der Waals surface area contributed by atoms with E-state index in [2.05, 4.69) is 6.58 Å². The van der Waals surface area contributed by atoms with Gasteiger partial charge in [-0.15, -0.1) is 6.58 Å². The van der Waals surface area contributed by atoms with Crippen molar-refractivity contribution in [2.75, 3.05) is 16.3 Å². The molecule has 0 aliphatic carbocycles. The molecule has 1 atom stereocenters. The molecule has 1 heterocycles. The Balaban J connectivity index is 2.15. The van der Waals surface area contributed by atoms with Gasteiger partial charge in [0.05, 0.1) is 11.4 Å². The van der Waals surface area contributed by atoms with E-state index in [1.807, 2.05) is 0 Å². The predicted octanol–water partition coefficient (Wildman–Crippen LogP) is 3.49. The monoisotopic (exact) mass is 354 g/mol. The van der Waals surface area contributed by atoms with Crippen molar-refractivity contribution in [3.05, 3.63) is 66.5 Å². The molecule has 0 saturated carbocycles. The quantitative estimate of drug-likeness (QED) is 0.855. The first-order valence-corrected chi connectivity index (χ1v) is 8.32. The van der Waals surface area contributed by atoms with Gasteiger partial charge >= 0.3 is 0 Å². The van der Waals surface area contributed by atoms with Crippen LogP contribution in [0.15, 0.2) is 55.1 Å². The zero-order valence-electron chi connectivity index (χ0n) is 14.4. The summed E-state index contributed by atoms with van der Waals surface area (Å²) < 4.78 is 13.9. The number of amides is 2. The molecule has 0 radical (unpaired) electrons. The maximum Gasteiger partial charge on any atom is 0.259 e. The topological polar surface area (TPSA) is 60.9 Å². The van der Waals surface area contributed by atoms with Crippen LogP contribution in [-0.2, 0) is 4.79 Å². The molecule has 1 N–H and O–H groups in total. The number of carbonyl (C=O) groups is 2. The van der Waals surface area contributed by atoms with Gasteiger partial charge in [0, 0.05) is 12.1 Å². The van der Waals surface area contributed by atoms with E-state index in [0.717, 1.165) is 0 Å². The zero-order chi connectivity index (χ0) is 18.8. The van der Waals surface area contributed by atoms with Gasteiger partial charge in [-0.05, 0) is 48.9 Å². The third-order valence-corrected chi connectivity index (χ3v) is 4.38. The summed E-state index contributed by atoms with van der Waals surface area (Å²) >= 11 is 0. The minimum absolute atomic E-state index is 0.0342. The summed E-state index contributed by atoms with van der Waals surface area (Å²) in [5.41, 5.74) is 1.12. The number of phenolic OH excluding ortho intramolecular Hbond substituents is 1. The average Bonchev–Trinajstić information content (AvgIpc) is 2.63. The van der Waals surface area contributed by atoms with E-state index in [4.69, 9.17) is 0 Å². The van der Waals surface area contributed by atoms with Gasteiger partial charge in [-0.3, -0.25) is 14.5 Å². The van der Waals surface area contributed by atoms with Crippen molar-refractivity contribution in [2.24, 2.45) is 0 Å². The van der Waals surface area contributed by atoms with E-state index in [1.54, 1.807) is 13.0 Å². The van der Waals surface area contributed by atoms with Gasteiger partial charge in [-0.25, -0.2) is 4.39 Å². The fraction of sp³-hybridized carbons (Fsp3) is 0.200. The number of fused-ring (bicyclic) bond motifs is 1. The van der Waals surface area contributed by atoms with Crippen LogP contribution in [0.3, 0.4) is 0 Å². The van der Waals surface area contributed by atoms with Gasteiger partial charge in [0.2, 0.25) is 0 Å². The lowest BCUT2D eigenvalue weighted by Crippen LogP contribution is -2.55. The highest BCUT2D eigenvalue weighted by Crippen LogP contribution is 2.38. The third-order valence-electron chi connectivity index (χ3n) is 4.38. The molecule has 1 aliphatic heterocycles. The summed E-state index contributed by atoms with van der Waals surface area (Å²) in [6.07, 6.45) is 1.97. The lowest BCUT2D eigenvalue weighted by atomic mass is 10.0. The van der Waals surface area contributed by atoms with E-state index >= 15 is 0 Å². The summed E-state index contributed by atoms with van der Waals surface area (Å²) in [5.74, 6) is -1.11. The van der Waals surface area contributed by atoms with Gasteiger partial charge in [0.15, 0.2) is 0 Å². The second kappa shape index (κ2) is 7.00. The Kier molecular flexibility index (Phi) is 4.75. The molecule has 0 saturated heterocycles. The van der Waals surface area contributed by atoms with Crippen molar-refractivity contribution in [3.8, 4) is 5.75 Å². The molecular formula is C20H19FN2O3. The highest BCUT2D eigenvalue weighted by molar-refractivity contribution is 6.17. The van der Waals surface area contributed by atoms with Crippen molar-refractivity contribution >= 4 is 23.2 Å². The van der Waals surface area contributed by atoms with E-state index < -0.39 is 17.8 Å². The minimum Gasteiger partial charge on any atom is -0.508 e. The molecule has 3 rings (SSSR count). The number of halogens is 1. The predicted molar refractivity (Wildman–Crippen MR) is 97.9 cm³/mol. The van der Waals surface area contributed by atoms with Crippen molar-refractivity contribution in [1.82, 2.24) is 0 Å². The molecule has 6 heteroatoms. The number of aromatic hydroxyl groups is 1. The number of hydrogen-bond donors (Lipinski definition) is 1. The minimum atomic E-state index is -0.745. The number of carbonyl (C=O) groups excluding carboxylic acids is 2. The maximum absolute atomic E-state index is 13.9. The Morgan fingerprint density at radius 1 is 1.23 bits per heavy atom. The number of anilines is 2. The zero-order valence-corrected chi connectivity index (χ0v) is 14.4. The smallest absolute Gasteiger partial charge is 0.259 e. The number of hydrogen-bond acceptors (Lipinski definition) is 3. The van der Waals surface area contributed by atoms with Crippen LogP contribution >= 0.6 is 0 Å². The number of rotatable bonds is 4. The standard InChI is InChI=1S/C20H19FN2O3/c1-3-11-22-17-10-7-14(21)12-18(17)23(16(4-2)20(22)26)19(25)13-5-8-15(24)9-6-13/h3,5-10,12,16,24H,1,4,11H2,2H3/t16-/m1/s1. The van der Waals surface area contributed by atoms with Crippen LogP contribution in [0, 0.1) is 5.82 Å². The summed E-state index contributed by atoms with van der Waals surface area (Å²) in [6, 6.07) is 9.03. The highest BCUT2D eigenvalue weighted by atomic mass is 19.1. The molecule has 2 aromatic rings. The van der Waals surface area contributed by atoms with Gasteiger partial charge in [0.25, 0.3) is 11.8 Å². The fourth-order valence-corrected chi connectivity index (χ4v) is 3.16. The first-order valence-electron chi connectivity index (χ1n) is 8.32. The maximum atomic E-state index is 13.9. The van der Waals surface area contributed by atoms with Crippen molar-refractivity contribution in [2.45, 2.75) is 19.4 Å². The molecular weight excluding hydrogens is 335 g/mol. The molecule has 26 heavy (non-hydrogen) atoms. The number of nitrogens with zero attached hydrogens (tertiary/aromatic N) is 2. The molecule has 134 valence electrons. The van der Waals surface area contributed by atoms with Crippen molar-refractivity contribution in [3.63, 3.8) is 0 Å². The molecule has 2 aromatic carbocycles. The largest absolute Gasteiger partial charge is 0.508 e. The summed E-state index contributed by atoms with van der Waals surface area (Å²) in [5, 5.41) is 9.43. The van der Waals surface area contributed by atoms with E-state index in [-0.39, 0.29) is 18.2 Å². The Bertz CT molecular complexity index is 864. The Hall–Kier alpha value is -3.15. The summed E-state index contributed by atoms with van der Waals surface area (Å²) in [6.45, 7) is 5.74. The van der Waals surface area contributed by atoms with Crippen molar-refractivity contribution in [1.29, 1.82) is 0 Å². The Morgan fingerprint density at radius 3 is 2.54 bits per heavy atom. The van der Waals surface area contributed by atoms with Crippen LogP contribution in [0.1, 0.15) is 23.7 Å². The molecule has 0 spiro atoms. The first kappa shape index (κ1) is 17.7. The molecule has 0 bridgehead atoms. The second-order valence-electron chi connectivity index (χ2n) is 6.02. The normalized spacial score (nSPS) is 16.4. The van der Waals surface area contributed by atoms with E-state index in [0.29, 0.717) is 23.4 Å². The van der Waals surface area contributed by atoms with E-state index in [9.17, 15) is 19.1 Å². The van der Waals surface area contributed by atoms with Crippen LogP contribution in [0.4, 0.5) is 15.8 Å². The second-order valence-corrected chi connectivity index (χ2v) is 6.02.